The maximum absolute atomic E-state index is 12.9. The van der Waals surface area contributed by atoms with Crippen molar-refractivity contribution in [3.05, 3.63) is 16.7 Å². The second-order valence-electron chi connectivity index (χ2n) is 5.33. The van der Waals surface area contributed by atoms with Gasteiger partial charge in [-0.15, -0.1) is 0 Å². The zero-order valence-electron chi connectivity index (χ0n) is 12.5. The number of pyridine rings is 1. The summed E-state index contributed by atoms with van der Waals surface area (Å²) in [6.07, 6.45) is 4.79. The van der Waals surface area contributed by atoms with E-state index in [-0.39, 0.29) is 4.90 Å². The molecule has 118 valence electrons. The Bertz CT molecular complexity index is 588. The number of hydrogen-bond acceptors (Lipinski definition) is 4. The van der Waals surface area contributed by atoms with Gasteiger partial charge in [-0.3, -0.25) is 0 Å². The molecule has 1 aromatic heterocycles. The second-order valence-corrected chi connectivity index (χ2v) is 8.15. The molecule has 0 spiro atoms. The van der Waals surface area contributed by atoms with Crippen LogP contribution in [-0.4, -0.2) is 37.3 Å². The maximum Gasteiger partial charge on any atom is 0.246 e. The quantitative estimate of drug-likeness (QED) is 0.758. The summed E-state index contributed by atoms with van der Waals surface area (Å²) in [6, 6.07) is 1.63. The van der Waals surface area contributed by atoms with Crippen molar-refractivity contribution in [3.8, 4) is 0 Å². The summed E-state index contributed by atoms with van der Waals surface area (Å²) in [7, 11) is -3.51. The van der Waals surface area contributed by atoms with Crippen LogP contribution in [0, 0.1) is 5.92 Å². The van der Waals surface area contributed by atoms with Crippen molar-refractivity contribution in [2.24, 2.45) is 5.92 Å². The Balaban J connectivity index is 2.33. The molecule has 0 bridgehead atoms. The van der Waals surface area contributed by atoms with Crippen LogP contribution in [-0.2, 0) is 10.0 Å². The number of nitrogens with one attached hydrogen (secondary N) is 1. The molecule has 1 N–H and O–H groups in total. The van der Waals surface area contributed by atoms with E-state index in [1.54, 1.807) is 16.6 Å². The van der Waals surface area contributed by atoms with Crippen molar-refractivity contribution in [2.45, 2.75) is 38.0 Å². The van der Waals surface area contributed by atoms with E-state index < -0.39 is 10.0 Å². The fourth-order valence-corrected chi connectivity index (χ4v) is 4.27. The molecule has 5 nitrogen and oxygen atoms in total. The molecule has 2 rings (SSSR count). The molecule has 1 saturated carbocycles. The molecule has 7 heteroatoms. The Kier molecular flexibility index (Phi) is 5.62. The van der Waals surface area contributed by atoms with Crippen LogP contribution in [0.5, 0.6) is 0 Å². The van der Waals surface area contributed by atoms with E-state index in [1.165, 1.54) is 0 Å². The van der Waals surface area contributed by atoms with Gasteiger partial charge in [0.25, 0.3) is 0 Å². The first-order chi connectivity index (χ1) is 9.98. The van der Waals surface area contributed by atoms with E-state index in [9.17, 15) is 8.42 Å². The smallest absolute Gasteiger partial charge is 0.246 e. The zero-order chi connectivity index (χ0) is 15.5. The van der Waals surface area contributed by atoms with Gasteiger partial charge in [-0.1, -0.05) is 13.8 Å². The zero-order valence-corrected chi connectivity index (χ0v) is 14.9. The lowest BCUT2D eigenvalue weighted by Crippen LogP contribution is -2.33. The monoisotopic (exact) mass is 375 g/mol. The Morgan fingerprint density at radius 1 is 1.43 bits per heavy atom. The molecular formula is C14H22BrN3O2S. The third-order valence-electron chi connectivity index (χ3n) is 3.49. The minimum absolute atomic E-state index is 0.257. The van der Waals surface area contributed by atoms with Gasteiger partial charge in [0.05, 0.1) is 0 Å². The molecule has 0 saturated heterocycles. The normalized spacial score (nSPS) is 15.4. The molecule has 0 radical (unpaired) electrons. The lowest BCUT2D eigenvalue weighted by atomic mass is 10.4. The van der Waals surface area contributed by atoms with Gasteiger partial charge in [0.15, 0.2) is 0 Å². The summed E-state index contributed by atoms with van der Waals surface area (Å²) in [5.74, 6) is 0.959. The molecule has 0 aliphatic heterocycles. The summed E-state index contributed by atoms with van der Waals surface area (Å²) in [5.41, 5.74) is 0. The van der Waals surface area contributed by atoms with Crippen molar-refractivity contribution < 1.29 is 8.42 Å². The van der Waals surface area contributed by atoms with Gasteiger partial charge >= 0.3 is 0 Å². The van der Waals surface area contributed by atoms with Crippen LogP contribution in [0.4, 0.5) is 5.82 Å². The standard InChI is InChI=1S/C14H22BrN3O2S/c1-3-7-16-14-13(8-12(15)9-17-14)21(19,20)18(4-2)10-11-5-6-11/h8-9,11H,3-7,10H2,1-2H3,(H,16,17). The van der Waals surface area contributed by atoms with Crippen LogP contribution >= 0.6 is 15.9 Å². The highest BCUT2D eigenvalue weighted by molar-refractivity contribution is 9.10. The molecule has 1 heterocycles. The van der Waals surface area contributed by atoms with Gasteiger partial charge in [-0.25, -0.2) is 13.4 Å². The number of nitrogens with zero attached hydrogens (tertiary/aromatic N) is 2. The largest absolute Gasteiger partial charge is 0.369 e. The minimum Gasteiger partial charge on any atom is -0.369 e. The average Bonchev–Trinajstić information content (AvgIpc) is 3.27. The predicted molar refractivity (Wildman–Crippen MR) is 87.9 cm³/mol. The fourth-order valence-electron chi connectivity index (χ4n) is 2.12. The predicted octanol–water partition coefficient (Wildman–Crippen LogP) is 3.09. The molecular weight excluding hydrogens is 354 g/mol. The van der Waals surface area contributed by atoms with Crippen LogP contribution in [0.25, 0.3) is 0 Å². The first-order valence-electron chi connectivity index (χ1n) is 7.38. The lowest BCUT2D eigenvalue weighted by molar-refractivity contribution is 0.412. The molecule has 0 aromatic carbocycles. The lowest BCUT2D eigenvalue weighted by Gasteiger charge is -2.22. The van der Waals surface area contributed by atoms with Crippen molar-refractivity contribution in [1.82, 2.24) is 9.29 Å². The van der Waals surface area contributed by atoms with E-state index in [4.69, 9.17) is 0 Å². The Labute approximate surface area is 135 Å². The van der Waals surface area contributed by atoms with Gasteiger partial charge < -0.3 is 5.32 Å². The van der Waals surface area contributed by atoms with Gasteiger partial charge in [-0.2, -0.15) is 4.31 Å². The SMILES string of the molecule is CCCNc1ncc(Br)cc1S(=O)(=O)N(CC)CC1CC1. The molecule has 21 heavy (non-hydrogen) atoms. The van der Waals surface area contributed by atoms with Crippen LogP contribution in [0.3, 0.4) is 0 Å². The number of hydrogen-bond donors (Lipinski definition) is 1. The fraction of sp³-hybridized carbons (Fsp3) is 0.643. The highest BCUT2D eigenvalue weighted by atomic mass is 79.9. The van der Waals surface area contributed by atoms with Gasteiger partial charge in [0, 0.05) is 30.3 Å². The highest BCUT2D eigenvalue weighted by Crippen LogP contribution is 2.33. The van der Waals surface area contributed by atoms with E-state index in [0.29, 0.717) is 35.8 Å². The summed E-state index contributed by atoms with van der Waals surface area (Å²) in [5, 5.41) is 3.11. The minimum atomic E-state index is -3.51. The summed E-state index contributed by atoms with van der Waals surface area (Å²) >= 11 is 3.32. The molecule has 1 aromatic rings. The van der Waals surface area contributed by atoms with Gasteiger partial charge in [0.2, 0.25) is 10.0 Å². The summed E-state index contributed by atoms with van der Waals surface area (Å²) < 4.78 is 28.0. The van der Waals surface area contributed by atoms with Crippen LogP contribution < -0.4 is 5.32 Å². The number of aromatic nitrogens is 1. The summed E-state index contributed by atoms with van der Waals surface area (Å²) in [6.45, 7) is 5.71. The number of sulfonamides is 1. The van der Waals surface area contributed by atoms with Crippen LogP contribution in [0.1, 0.15) is 33.1 Å². The first-order valence-corrected chi connectivity index (χ1v) is 9.61. The Hall–Kier alpha value is -0.660. The van der Waals surface area contributed by atoms with E-state index in [0.717, 1.165) is 19.3 Å². The van der Waals surface area contributed by atoms with Gasteiger partial charge in [-0.05, 0) is 47.2 Å². The number of halogens is 1. The molecule has 0 atom stereocenters. The average molecular weight is 376 g/mol. The van der Waals surface area contributed by atoms with Crippen molar-refractivity contribution in [2.75, 3.05) is 25.0 Å². The molecule has 0 amide bonds. The van der Waals surface area contributed by atoms with Crippen molar-refractivity contribution >= 4 is 31.8 Å². The third-order valence-corrected chi connectivity index (χ3v) is 5.88. The Morgan fingerprint density at radius 2 is 2.14 bits per heavy atom. The van der Waals surface area contributed by atoms with Crippen LogP contribution in [0.15, 0.2) is 21.6 Å². The first kappa shape index (κ1) is 16.7. The molecule has 1 fully saturated rings. The third kappa shape index (κ3) is 4.17. The van der Waals surface area contributed by atoms with E-state index in [1.807, 2.05) is 13.8 Å². The van der Waals surface area contributed by atoms with Crippen molar-refractivity contribution in [1.29, 1.82) is 0 Å². The second kappa shape index (κ2) is 7.07. The van der Waals surface area contributed by atoms with E-state index >= 15 is 0 Å². The van der Waals surface area contributed by atoms with E-state index in [2.05, 4.69) is 26.2 Å². The molecule has 1 aliphatic carbocycles. The maximum atomic E-state index is 12.9. The van der Waals surface area contributed by atoms with Crippen LogP contribution in [0.2, 0.25) is 0 Å². The number of rotatable bonds is 8. The highest BCUT2D eigenvalue weighted by Gasteiger charge is 2.32. The number of anilines is 1. The summed E-state index contributed by atoms with van der Waals surface area (Å²) in [4.78, 5) is 4.49. The van der Waals surface area contributed by atoms with Gasteiger partial charge in [0.1, 0.15) is 10.7 Å². The molecule has 1 aliphatic rings. The molecule has 0 unspecified atom stereocenters. The Morgan fingerprint density at radius 3 is 2.71 bits per heavy atom. The topological polar surface area (TPSA) is 62.3 Å². The van der Waals surface area contributed by atoms with Crippen molar-refractivity contribution in [3.63, 3.8) is 0 Å².